The molecule has 0 spiro atoms. The van der Waals surface area contributed by atoms with Crippen LogP contribution in [0.5, 0.6) is 11.5 Å². The number of hydrogen-bond acceptors (Lipinski definition) is 5. The van der Waals surface area contributed by atoms with Gasteiger partial charge in [0, 0.05) is 35.6 Å². The number of rotatable bonds is 6. The number of aryl methyl sites for hydroxylation is 1. The van der Waals surface area contributed by atoms with Crippen LogP contribution in [-0.2, 0) is 16.1 Å². The van der Waals surface area contributed by atoms with Crippen LogP contribution >= 0.6 is 11.3 Å². The second-order valence-electron chi connectivity index (χ2n) is 8.78. The molecule has 2 aromatic carbocycles. The van der Waals surface area contributed by atoms with Crippen LogP contribution in [0, 0.1) is 12.8 Å². The summed E-state index contributed by atoms with van der Waals surface area (Å²) in [5, 5.41) is 2.01. The number of ether oxygens (including phenoxy) is 3. The van der Waals surface area contributed by atoms with Crippen molar-refractivity contribution in [2.24, 2.45) is 5.92 Å². The Morgan fingerprint density at radius 2 is 2.12 bits per heavy atom. The summed E-state index contributed by atoms with van der Waals surface area (Å²) in [6.07, 6.45) is 4.54. The minimum absolute atomic E-state index is 0.0169. The summed E-state index contributed by atoms with van der Waals surface area (Å²) >= 11 is 1.62. The third-order valence-electron chi connectivity index (χ3n) is 6.30. The normalized spacial score (nSPS) is 17.9. The molecule has 2 aliphatic rings. The van der Waals surface area contributed by atoms with E-state index in [4.69, 9.17) is 14.2 Å². The number of nitrogens with zero attached hydrogens (tertiary/aromatic N) is 1. The molecule has 1 unspecified atom stereocenters. The average molecular weight is 476 g/mol. The summed E-state index contributed by atoms with van der Waals surface area (Å²) in [6, 6.07) is 16.5. The number of thiophene rings is 1. The highest BCUT2D eigenvalue weighted by molar-refractivity contribution is 7.10. The molecular formula is C28H29NO4S. The largest absolute Gasteiger partial charge is 0.489 e. The van der Waals surface area contributed by atoms with Crippen LogP contribution in [0.4, 0.5) is 0 Å². The Bertz CT molecular complexity index is 1170. The van der Waals surface area contributed by atoms with Crippen molar-refractivity contribution < 1.29 is 19.0 Å². The van der Waals surface area contributed by atoms with Crippen molar-refractivity contribution in [2.45, 2.75) is 19.9 Å². The zero-order chi connectivity index (χ0) is 23.3. The SMILES string of the molecule is Cc1ccccc1-c1cc2c(c(OCC3CCOC3)c1)OCCN(C(=O)/C=C/c1cccs1)C2. The molecule has 34 heavy (non-hydrogen) atoms. The van der Waals surface area contributed by atoms with Crippen LogP contribution in [0.15, 0.2) is 60.0 Å². The van der Waals surface area contributed by atoms with Gasteiger partial charge in [-0.1, -0.05) is 30.3 Å². The number of benzene rings is 2. The molecule has 1 saturated heterocycles. The Morgan fingerprint density at radius 3 is 2.91 bits per heavy atom. The van der Waals surface area contributed by atoms with E-state index >= 15 is 0 Å². The number of hydrogen-bond donors (Lipinski definition) is 0. The average Bonchev–Trinajstić information content (AvgIpc) is 3.52. The number of carbonyl (C=O) groups excluding carboxylic acids is 1. The number of amides is 1. The van der Waals surface area contributed by atoms with E-state index in [0.717, 1.165) is 52.7 Å². The minimum atomic E-state index is -0.0169. The van der Waals surface area contributed by atoms with Gasteiger partial charge in [0.15, 0.2) is 11.5 Å². The summed E-state index contributed by atoms with van der Waals surface area (Å²) in [4.78, 5) is 15.9. The maximum absolute atomic E-state index is 13.0. The van der Waals surface area contributed by atoms with Gasteiger partial charge in [0.1, 0.15) is 6.61 Å². The molecule has 3 aromatic rings. The lowest BCUT2D eigenvalue weighted by molar-refractivity contribution is -0.126. The van der Waals surface area contributed by atoms with Gasteiger partial charge in [0.25, 0.3) is 0 Å². The van der Waals surface area contributed by atoms with E-state index in [0.29, 0.717) is 32.2 Å². The Hall–Kier alpha value is -3.09. The van der Waals surface area contributed by atoms with Crippen LogP contribution in [0.25, 0.3) is 17.2 Å². The summed E-state index contributed by atoms with van der Waals surface area (Å²) in [5.41, 5.74) is 4.38. The first-order chi connectivity index (χ1) is 16.7. The van der Waals surface area contributed by atoms with E-state index in [1.807, 2.05) is 40.6 Å². The molecule has 5 nitrogen and oxygen atoms in total. The summed E-state index contributed by atoms with van der Waals surface area (Å²) < 4.78 is 18.0. The molecule has 0 aliphatic carbocycles. The Morgan fingerprint density at radius 1 is 1.21 bits per heavy atom. The second kappa shape index (κ2) is 10.5. The van der Waals surface area contributed by atoms with Crippen LogP contribution in [0.1, 0.15) is 22.4 Å². The van der Waals surface area contributed by atoms with E-state index in [2.05, 4.69) is 31.2 Å². The highest BCUT2D eigenvalue weighted by Gasteiger charge is 2.24. The van der Waals surface area contributed by atoms with Crippen molar-refractivity contribution in [2.75, 3.05) is 33.0 Å². The molecule has 0 saturated carbocycles. The predicted octanol–water partition coefficient (Wildman–Crippen LogP) is 5.57. The van der Waals surface area contributed by atoms with Gasteiger partial charge in [-0.2, -0.15) is 0 Å². The zero-order valence-corrected chi connectivity index (χ0v) is 20.2. The van der Waals surface area contributed by atoms with E-state index in [9.17, 15) is 4.79 Å². The maximum atomic E-state index is 13.0. The van der Waals surface area contributed by atoms with Gasteiger partial charge in [-0.15, -0.1) is 11.3 Å². The van der Waals surface area contributed by atoms with Crippen LogP contribution in [0.3, 0.4) is 0 Å². The lowest BCUT2D eigenvalue weighted by atomic mass is 9.97. The van der Waals surface area contributed by atoms with E-state index in [-0.39, 0.29) is 5.91 Å². The van der Waals surface area contributed by atoms with Crippen molar-refractivity contribution in [3.8, 4) is 22.6 Å². The van der Waals surface area contributed by atoms with Crippen LogP contribution in [0.2, 0.25) is 0 Å². The van der Waals surface area contributed by atoms with Crippen molar-refractivity contribution in [1.82, 2.24) is 4.90 Å². The standard InChI is InChI=1S/C28H29NO4S/c1-20-5-2-3-7-25(20)22-15-23-17-29(27(30)9-8-24-6-4-14-34-24)11-13-32-28(23)26(16-22)33-19-21-10-12-31-18-21/h2-9,14-16,21H,10-13,17-19H2,1H3/b9-8+. The first-order valence-corrected chi connectivity index (χ1v) is 12.6. The zero-order valence-electron chi connectivity index (χ0n) is 19.4. The Balaban J connectivity index is 1.45. The molecule has 3 heterocycles. The van der Waals surface area contributed by atoms with Gasteiger partial charge in [-0.3, -0.25) is 4.79 Å². The van der Waals surface area contributed by atoms with Gasteiger partial charge >= 0.3 is 0 Å². The molecule has 5 rings (SSSR count). The summed E-state index contributed by atoms with van der Waals surface area (Å²) in [6.45, 7) is 5.67. The van der Waals surface area contributed by atoms with Crippen molar-refractivity contribution in [3.63, 3.8) is 0 Å². The van der Waals surface area contributed by atoms with Crippen molar-refractivity contribution in [1.29, 1.82) is 0 Å². The molecule has 1 amide bonds. The fourth-order valence-corrected chi connectivity index (χ4v) is 5.02. The molecule has 2 aliphatic heterocycles. The lowest BCUT2D eigenvalue weighted by Gasteiger charge is -2.20. The molecule has 0 N–H and O–H groups in total. The molecule has 0 radical (unpaired) electrons. The molecule has 1 atom stereocenters. The van der Waals surface area contributed by atoms with Gasteiger partial charge < -0.3 is 19.1 Å². The first-order valence-electron chi connectivity index (χ1n) is 11.7. The van der Waals surface area contributed by atoms with E-state index < -0.39 is 0 Å². The van der Waals surface area contributed by atoms with Crippen LogP contribution in [-0.4, -0.2) is 43.8 Å². The van der Waals surface area contributed by atoms with Crippen molar-refractivity contribution >= 4 is 23.3 Å². The Labute approximate surface area is 204 Å². The van der Waals surface area contributed by atoms with Crippen molar-refractivity contribution in [3.05, 3.63) is 76.0 Å². The highest BCUT2D eigenvalue weighted by atomic mass is 32.1. The predicted molar refractivity (Wildman–Crippen MR) is 135 cm³/mol. The van der Waals surface area contributed by atoms with Gasteiger partial charge in [0.05, 0.1) is 19.8 Å². The molecular weight excluding hydrogens is 446 g/mol. The Kier molecular flexibility index (Phi) is 6.97. The van der Waals surface area contributed by atoms with Gasteiger partial charge in [-0.25, -0.2) is 0 Å². The maximum Gasteiger partial charge on any atom is 0.247 e. The highest BCUT2D eigenvalue weighted by Crippen LogP contribution is 2.39. The smallest absolute Gasteiger partial charge is 0.247 e. The molecule has 6 heteroatoms. The van der Waals surface area contributed by atoms with E-state index in [1.54, 1.807) is 17.4 Å². The van der Waals surface area contributed by atoms with Gasteiger partial charge in [0.2, 0.25) is 5.91 Å². The van der Waals surface area contributed by atoms with E-state index in [1.165, 1.54) is 5.56 Å². The molecule has 0 bridgehead atoms. The quantitative estimate of drug-likeness (QED) is 0.437. The lowest BCUT2D eigenvalue weighted by Crippen LogP contribution is -2.30. The summed E-state index contributed by atoms with van der Waals surface area (Å²) in [5.74, 6) is 1.86. The number of carbonyl (C=O) groups is 1. The topological polar surface area (TPSA) is 48.0 Å². The second-order valence-corrected chi connectivity index (χ2v) is 9.75. The summed E-state index contributed by atoms with van der Waals surface area (Å²) in [7, 11) is 0. The third kappa shape index (κ3) is 5.18. The van der Waals surface area contributed by atoms with Gasteiger partial charge in [-0.05, 0) is 59.7 Å². The number of fused-ring (bicyclic) bond motifs is 1. The van der Waals surface area contributed by atoms with Crippen LogP contribution < -0.4 is 9.47 Å². The molecule has 1 fully saturated rings. The third-order valence-corrected chi connectivity index (χ3v) is 7.14. The first kappa shape index (κ1) is 22.7. The molecule has 176 valence electrons. The fourth-order valence-electron chi connectivity index (χ4n) is 4.40. The molecule has 1 aromatic heterocycles. The fraction of sp³-hybridized carbons (Fsp3) is 0.321. The minimum Gasteiger partial charge on any atom is -0.489 e. The monoisotopic (exact) mass is 475 g/mol.